The maximum absolute atomic E-state index is 12.1. The fourth-order valence-electron chi connectivity index (χ4n) is 2.64. The van der Waals surface area contributed by atoms with E-state index >= 15 is 0 Å². The van der Waals surface area contributed by atoms with Crippen molar-refractivity contribution in [2.24, 2.45) is 0 Å². The SMILES string of the molecule is Cc1ccc(NC(=O)CNc2cccc3ccccc23)cc1[N+](=O)[O-]. The second kappa shape index (κ2) is 7.00. The van der Waals surface area contributed by atoms with E-state index in [0.717, 1.165) is 16.5 Å². The molecule has 0 fully saturated rings. The highest BCUT2D eigenvalue weighted by molar-refractivity contribution is 5.98. The summed E-state index contributed by atoms with van der Waals surface area (Å²) in [5.74, 6) is -0.272. The van der Waals surface area contributed by atoms with Crippen LogP contribution in [-0.2, 0) is 4.79 Å². The number of carbonyl (C=O) groups excluding carboxylic acids is 1. The van der Waals surface area contributed by atoms with Gasteiger partial charge >= 0.3 is 0 Å². The highest BCUT2D eigenvalue weighted by Crippen LogP contribution is 2.24. The van der Waals surface area contributed by atoms with Gasteiger partial charge in [-0.15, -0.1) is 0 Å². The monoisotopic (exact) mass is 335 g/mol. The third kappa shape index (κ3) is 3.74. The van der Waals surface area contributed by atoms with Crippen molar-refractivity contribution in [3.05, 3.63) is 76.3 Å². The lowest BCUT2D eigenvalue weighted by molar-refractivity contribution is -0.385. The van der Waals surface area contributed by atoms with E-state index < -0.39 is 4.92 Å². The topological polar surface area (TPSA) is 84.3 Å². The number of amides is 1. The second-order valence-corrected chi connectivity index (χ2v) is 5.69. The van der Waals surface area contributed by atoms with Gasteiger partial charge in [-0.25, -0.2) is 0 Å². The number of nitro benzene ring substituents is 1. The Morgan fingerprint density at radius 2 is 1.84 bits per heavy atom. The van der Waals surface area contributed by atoms with Gasteiger partial charge in [-0.2, -0.15) is 0 Å². The van der Waals surface area contributed by atoms with E-state index in [-0.39, 0.29) is 18.1 Å². The number of nitro groups is 1. The molecule has 0 atom stereocenters. The number of hydrogen-bond acceptors (Lipinski definition) is 4. The van der Waals surface area contributed by atoms with Crippen LogP contribution in [0.4, 0.5) is 17.1 Å². The van der Waals surface area contributed by atoms with Crippen LogP contribution >= 0.6 is 0 Å². The number of nitrogens with one attached hydrogen (secondary N) is 2. The molecule has 2 N–H and O–H groups in total. The number of hydrogen-bond donors (Lipinski definition) is 2. The predicted octanol–water partition coefficient (Wildman–Crippen LogP) is 4.11. The maximum atomic E-state index is 12.1. The Labute approximate surface area is 144 Å². The average Bonchev–Trinajstić information content (AvgIpc) is 2.61. The van der Waals surface area contributed by atoms with Crippen LogP contribution in [0.3, 0.4) is 0 Å². The van der Waals surface area contributed by atoms with E-state index in [1.54, 1.807) is 19.1 Å². The van der Waals surface area contributed by atoms with Crippen LogP contribution in [-0.4, -0.2) is 17.4 Å². The molecule has 6 nitrogen and oxygen atoms in total. The molecular formula is C19H17N3O3. The highest BCUT2D eigenvalue weighted by atomic mass is 16.6. The van der Waals surface area contributed by atoms with E-state index in [2.05, 4.69) is 10.6 Å². The summed E-state index contributed by atoms with van der Waals surface area (Å²) >= 11 is 0. The molecule has 0 aliphatic rings. The molecule has 0 aliphatic heterocycles. The smallest absolute Gasteiger partial charge is 0.274 e. The Morgan fingerprint density at radius 1 is 1.08 bits per heavy atom. The molecule has 0 saturated heterocycles. The number of carbonyl (C=O) groups is 1. The molecule has 0 aliphatic carbocycles. The third-order valence-electron chi connectivity index (χ3n) is 3.92. The third-order valence-corrected chi connectivity index (χ3v) is 3.92. The van der Waals surface area contributed by atoms with Gasteiger partial charge in [-0.3, -0.25) is 14.9 Å². The molecular weight excluding hydrogens is 318 g/mol. The number of fused-ring (bicyclic) bond motifs is 1. The number of rotatable bonds is 5. The summed E-state index contributed by atoms with van der Waals surface area (Å²) in [6.45, 7) is 1.72. The fraction of sp³-hybridized carbons (Fsp3) is 0.105. The molecule has 0 bridgehead atoms. The summed E-state index contributed by atoms with van der Waals surface area (Å²) in [4.78, 5) is 22.7. The summed E-state index contributed by atoms with van der Waals surface area (Å²) in [6.07, 6.45) is 0. The molecule has 1 amide bonds. The summed E-state index contributed by atoms with van der Waals surface area (Å²) in [7, 11) is 0. The van der Waals surface area contributed by atoms with E-state index in [0.29, 0.717) is 11.3 Å². The van der Waals surface area contributed by atoms with E-state index in [1.165, 1.54) is 6.07 Å². The van der Waals surface area contributed by atoms with Crippen molar-refractivity contribution in [2.75, 3.05) is 17.2 Å². The molecule has 3 aromatic rings. The lowest BCUT2D eigenvalue weighted by Gasteiger charge is -2.10. The van der Waals surface area contributed by atoms with Crippen LogP contribution in [0.1, 0.15) is 5.56 Å². The minimum absolute atomic E-state index is 0.0141. The van der Waals surface area contributed by atoms with Gasteiger partial charge in [0.15, 0.2) is 0 Å². The van der Waals surface area contributed by atoms with Gasteiger partial charge in [-0.05, 0) is 24.4 Å². The first-order valence-electron chi connectivity index (χ1n) is 7.81. The first-order chi connectivity index (χ1) is 12.0. The Kier molecular flexibility index (Phi) is 4.61. The van der Waals surface area contributed by atoms with Crippen molar-refractivity contribution in [3.63, 3.8) is 0 Å². The molecule has 25 heavy (non-hydrogen) atoms. The van der Waals surface area contributed by atoms with Crippen LogP contribution in [0.2, 0.25) is 0 Å². The minimum atomic E-state index is -0.459. The molecule has 0 aromatic heterocycles. The normalized spacial score (nSPS) is 10.4. The summed E-state index contributed by atoms with van der Waals surface area (Å²) < 4.78 is 0. The van der Waals surface area contributed by atoms with Crippen molar-refractivity contribution in [3.8, 4) is 0 Å². The van der Waals surface area contributed by atoms with Gasteiger partial charge in [0, 0.05) is 28.4 Å². The van der Waals surface area contributed by atoms with Crippen molar-refractivity contribution >= 4 is 33.7 Å². The fourth-order valence-corrected chi connectivity index (χ4v) is 2.64. The van der Waals surface area contributed by atoms with Crippen LogP contribution in [0.15, 0.2) is 60.7 Å². The Bertz CT molecular complexity index is 948. The van der Waals surface area contributed by atoms with Crippen molar-refractivity contribution < 1.29 is 9.72 Å². The molecule has 0 unspecified atom stereocenters. The van der Waals surface area contributed by atoms with E-state index in [9.17, 15) is 14.9 Å². The molecule has 6 heteroatoms. The Hall–Kier alpha value is -3.41. The lowest BCUT2D eigenvalue weighted by atomic mass is 10.1. The molecule has 3 aromatic carbocycles. The van der Waals surface area contributed by atoms with Crippen molar-refractivity contribution in [1.82, 2.24) is 0 Å². The Morgan fingerprint density at radius 3 is 2.64 bits per heavy atom. The average molecular weight is 335 g/mol. The second-order valence-electron chi connectivity index (χ2n) is 5.69. The lowest BCUT2D eigenvalue weighted by Crippen LogP contribution is -2.21. The highest BCUT2D eigenvalue weighted by Gasteiger charge is 2.12. The van der Waals surface area contributed by atoms with Gasteiger partial charge in [-0.1, -0.05) is 42.5 Å². The van der Waals surface area contributed by atoms with Crippen LogP contribution in [0.5, 0.6) is 0 Å². The minimum Gasteiger partial charge on any atom is -0.376 e. The van der Waals surface area contributed by atoms with E-state index in [4.69, 9.17) is 0 Å². The van der Waals surface area contributed by atoms with Gasteiger partial charge in [0.25, 0.3) is 5.69 Å². The molecule has 0 heterocycles. The van der Waals surface area contributed by atoms with Gasteiger partial charge in [0.05, 0.1) is 11.5 Å². The quantitative estimate of drug-likeness (QED) is 0.543. The number of benzene rings is 3. The molecule has 126 valence electrons. The number of nitrogens with zero attached hydrogens (tertiary/aromatic N) is 1. The van der Waals surface area contributed by atoms with Gasteiger partial charge in [0.2, 0.25) is 5.91 Å². The zero-order valence-corrected chi connectivity index (χ0v) is 13.7. The van der Waals surface area contributed by atoms with E-state index in [1.807, 2.05) is 42.5 Å². The first kappa shape index (κ1) is 16.4. The first-order valence-corrected chi connectivity index (χ1v) is 7.81. The zero-order valence-electron chi connectivity index (χ0n) is 13.7. The van der Waals surface area contributed by atoms with Crippen LogP contribution in [0, 0.1) is 17.0 Å². The summed E-state index contributed by atoms with van der Waals surface area (Å²) in [6, 6.07) is 18.4. The maximum Gasteiger partial charge on any atom is 0.274 e. The molecule has 3 rings (SSSR count). The summed E-state index contributed by atoms with van der Waals surface area (Å²) in [5.41, 5.74) is 1.81. The standard InChI is InChI=1S/C19H17N3O3/c1-13-9-10-15(11-18(13)22(24)25)21-19(23)12-20-17-8-4-6-14-5-2-3-7-16(14)17/h2-11,20H,12H2,1H3,(H,21,23). The summed E-state index contributed by atoms with van der Waals surface area (Å²) in [5, 5.41) is 18.9. The van der Waals surface area contributed by atoms with Crippen molar-refractivity contribution in [1.29, 1.82) is 0 Å². The molecule has 0 spiro atoms. The largest absolute Gasteiger partial charge is 0.376 e. The van der Waals surface area contributed by atoms with Crippen LogP contribution < -0.4 is 10.6 Å². The van der Waals surface area contributed by atoms with Crippen LogP contribution in [0.25, 0.3) is 10.8 Å². The van der Waals surface area contributed by atoms with Gasteiger partial charge in [0.1, 0.15) is 0 Å². The molecule has 0 saturated carbocycles. The van der Waals surface area contributed by atoms with Gasteiger partial charge < -0.3 is 10.6 Å². The number of aryl methyl sites for hydroxylation is 1. The van der Waals surface area contributed by atoms with Crippen molar-refractivity contribution in [2.45, 2.75) is 6.92 Å². The Balaban J connectivity index is 1.69. The number of anilines is 2. The molecule has 0 radical (unpaired) electrons. The predicted molar refractivity (Wildman–Crippen MR) is 98.9 cm³/mol. The zero-order chi connectivity index (χ0) is 17.8.